The van der Waals surface area contributed by atoms with E-state index in [9.17, 15) is 4.79 Å². The summed E-state index contributed by atoms with van der Waals surface area (Å²) in [6.07, 6.45) is 2.49. The highest BCUT2D eigenvalue weighted by Crippen LogP contribution is 2.26. The van der Waals surface area contributed by atoms with Crippen molar-refractivity contribution in [2.75, 3.05) is 26.7 Å². The first kappa shape index (κ1) is 16.0. The van der Waals surface area contributed by atoms with Crippen LogP contribution in [0.5, 0.6) is 5.75 Å². The molecule has 0 unspecified atom stereocenters. The lowest BCUT2D eigenvalue weighted by Crippen LogP contribution is -2.36. The summed E-state index contributed by atoms with van der Waals surface area (Å²) in [6.45, 7) is 2.86. The van der Waals surface area contributed by atoms with Crippen molar-refractivity contribution in [2.24, 2.45) is 0 Å². The van der Waals surface area contributed by atoms with Crippen molar-refractivity contribution >= 4 is 17.2 Å². The van der Waals surface area contributed by atoms with Gasteiger partial charge in [-0.3, -0.25) is 9.69 Å². The van der Waals surface area contributed by atoms with Gasteiger partial charge in [-0.25, -0.2) is 0 Å². The number of methoxy groups -OCH3 is 1. The molecule has 1 fully saturated rings. The molecular weight excluding hydrogens is 308 g/mol. The highest BCUT2D eigenvalue weighted by molar-refractivity contribution is 7.07. The highest BCUT2D eigenvalue weighted by atomic mass is 32.1. The number of ether oxygens (including phenoxy) is 1. The predicted molar refractivity (Wildman–Crippen MR) is 93.2 cm³/mol. The molecule has 122 valence electrons. The number of thiophene rings is 1. The number of rotatable bonds is 6. The smallest absolute Gasteiger partial charge is 0.251 e. The standard InChI is InChI=1S/C18H22N2O2S/c1-22-16-6-4-14(5-7-16)18(21)19-12-17(15-8-11-23-13-15)20-9-2-3-10-20/h4-8,11,13,17H,2-3,9-10,12H2,1H3,(H,19,21)/t17-/m1/s1. The lowest BCUT2D eigenvalue weighted by atomic mass is 10.1. The summed E-state index contributed by atoms with van der Waals surface area (Å²) in [7, 11) is 1.62. The fraction of sp³-hybridized carbons (Fsp3) is 0.389. The molecule has 23 heavy (non-hydrogen) atoms. The van der Waals surface area contributed by atoms with Crippen molar-refractivity contribution in [1.82, 2.24) is 10.2 Å². The van der Waals surface area contributed by atoms with Crippen molar-refractivity contribution < 1.29 is 9.53 Å². The van der Waals surface area contributed by atoms with Gasteiger partial charge in [-0.2, -0.15) is 11.3 Å². The quantitative estimate of drug-likeness (QED) is 0.883. The van der Waals surface area contributed by atoms with Gasteiger partial charge >= 0.3 is 0 Å². The van der Waals surface area contributed by atoms with E-state index < -0.39 is 0 Å². The summed E-state index contributed by atoms with van der Waals surface area (Å²) in [6, 6.07) is 9.64. The number of amides is 1. The van der Waals surface area contributed by atoms with Gasteiger partial charge in [0, 0.05) is 12.1 Å². The topological polar surface area (TPSA) is 41.6 Å². The summed E-state index contributed by atoms with van der Waals surface area (Å²) in [5.41, 5.74) is 1.96. The van der Waals surface area contributed by atoms with Crippen molar-refractivity contribution in [3.8, 4) is 5.75 Å². The molecule has 0 saturated carbocycles. The molecule has 1 aliphatic heterocycles. The first-order chi connectivity index (χ1) is 11.3. The molecule has 3 rings (SSSR count). The zero-order valence-corrected chi connectivity index (χ0v) is 14.1. The summed E-state index contributed by atoms with van der Waals surface area (Å²) in [4.78, 5) is 14.8. The number of benzene rings is 1. The number of likely N-dealkylation sites (tertiary alicyclic amines) is 1. The second-order valence-corrected chi connectivity index (χ2v) is 6.53. The maximum absolute atomic E-state index is 12.4. The summed E-state index contributed by atoms with van der Waals surface area (Å²) in [5.74, 6) is 0.724. The molecule has 0 bridgehead atoms. The van der Waals surface area contributed by atoms with E-state index in [2.05, 4.69) is 27.0 Å². The Bertz CT molecular complexity index is 619. The molecule has 4 nitrogen and oxygen atoms in total. The van der Waals surface area contributed by atoms with E-state index in [1.54, 1.807) is 30.6 Å². The van der Waals surface area contributed by atoms with Crippen LogP contribution in [0.1, 0.15) is 34.8 Å². The van der Waals surface area contributed by atoms with Crippen LogP contribution in [-0.4, -0.2) is 37.6 Å². The number of nitrogens with zero attached hydrogens (tertiary/aromatic N) is 1. The Morgan fingerprint density at radius 1 is 1.26 bits per heavy atom. The molecule has 0 aliphatic carbocycles. The molecule has 1 N–H and O–H groups in total. The molecule has 2 aromatic rings. The van der Waals surface area contributed by atoms with Gasteiger partial charge in [0.15, 0.2) is 0 Å². The third-order valence-corrected chi connectivity index (χ3v) is 5.02. The van der Waals surface area contributed by atoms with Gasteiger partial charge in [0.25, 0.3) is 5.91 Å². The van der Waals surface area contributed by atoms with Crippen LogP contribution in [0.3, 0.4) is 0 Å². The average molecular weight is 330 g/mol. The SMILES string of the molecule is COc1ccc(C(=O)NC[C@H](c2ccsc2)N2CCCC2)cc1. The minimum absolute atomic E-state index is 0.0351. The Labute approximate surface area is 141 Å². The van der Waals surface area contributed by atoms with Crippen LogP contribution in [-0.2, 0) is 0 Å². The molecule has 1 amide bonds. The molecule has 2 heterocycles. The fourth-order valence-electron chi connectivity index (χ4n) is 3.01. The highest BCUT2D eigenvalue weighted by Gasteiger charge is 2.24. The Hall–Kier alpha value is -1.85. The molecule has 0 radical (unpaired) electrons. The second-order valence-electron chi connectivity index (χ2n) is 5.75. The van der Waals surface area contributed by atoms with Gasteiger partial charge in [0.05, 0.1) is 13.2 Å². The maximum atomic E-state index is 12.4. The zero-order chi connectivity index (χ0) is 16.1. The van der Waals surface area contributed by atoms with Crippen LogP contribution in [0.2, 0.25) is 0 Å². The van der Waals surface area contributed by atoms with Crippen LogP contribution in [0.25, 0.3) is 0 Å². The van der Waals surface area contributed by atoms with Crippen LogP contribution in [0, 0.1) is 0 Å². The van der Waals surface area contributed by atoms with Gasteiger partial charge < -0.3 is 10.1 Å². The normalized spacial score (nSPS) is 16.2. The predicted octanol–water partition coefficient (Wildman–Crippen LogP) is 3.32. The molecular formula is C18H22N2O2S. The summed E-state index contributed by atoms with van der Waals surface area (Å²) in [5, 5.41) is 7.37. The molecule has 1 aliphatic rings. The molecule has 1 aromatic carbocycles. The fourth-order valence-corrected chi connectivity index (χ4v) is 3.72. The maximum Gasteiger partial charge on any atom is 0.251 e. The Kier molecular flexibility index (Phi) is 5.31. The Morgan fingerprint density at radius 3 is 2.61 bits per heavy atom. The number of carbonyl (C=O) groups excluding carboxylic acids is 1. The minimum Gasteiger partial charge on any atom is -0.497 e. The number of carbonyl (C=O) groups is 1. The van der Waals surface area contributed by atoms with E-state index in [0.717, 1.165) is 18.8 Å². The summed E-state index contributed by atoms with van der Waals surface area (Å²) >= 11 is 1.71. The largest absolute Gasteiger partial charge is 0.497 e. The Morgan fingerprint density at radius 2 is 2.00 bits per heavy atom. The third-order valence-electron chi connectivity index (χ3n) is 4.32. The molecule has 1 saturated heterocycles. The van der Waals surface area contributed by atoms with Gasteiger partial charge in [-0.1, -0.05) is 0 Å². The number of hydrogen-bond acceptors (Lipinski definition) is 4. The Balaban J connectivity index is 1.64. The van der Waals surface area contributed by atoms with E-state index in [0.29, 0.717) is 12.1 Å². The molecule has 0 spiro atoms. The monoisotopic (exact) mass is 330 g/mol. The minimum atomic E-state index is -0.0351. The van der Waals surface area contributed by atoms with Crippen molar-refractivity contribution in [1.29, 1.82) is 0 Å². The first-order valence-corrected chi connectivity index (χ1v) is 8.90. The third kappa shape index (κ3) is 3.92. The molecule has 1 atom stereocenters. The van der Waals surface area contributed by atoms with Crippen molar-refractivity contribution in [2.45, 2.75) is 18.9 Å². The van der Waals surface area contributed by atoms with Crippen LogP contribution in [0.4, 0.5) is 0 Å². The van der Waals surface area contributed by atoms with E-state index in [4.69, 9.17) is 4.74 Å². The van der Waals surface area contributed by atoms with E-state index in [1.807, 2.05) is 12.1 Å². The molecule has 5 heteroatoms. The zero-order valence-electron chi connectivity index (χ0n) is 13.3. The van der Waals surface area contributed by atoms with Gasteiger partial charge in [-0.15, -0.1) is 0 Å². The van der Waals surface area contributed by atoms with Gasteiger partial charge in [-0.05, 0) is 72.6 Å². The van der Waals surface area contributed by atoms with Crippen LogP contribution in [0.15, 0.2) is 41.1 Å². The van der Waals surface area contributed by atoms with Crippen molar-refractivity contribution in [3.63, 3.8) is 0 Å². The number of hydrogen-bond donors (Lipinski definition) is 1. The lowest BCUT2D eigenvalue weighted by Gasteiger charge is -2.27. The van der Waals surface area contributed by atoms with Crippen LogP contribution < -0.4 is 10.1 Å². The van der Waals surface area contributed by atoms with E-state index >= 15 is 0 Å². The van der Waals surface area contributed by atoms with Crippen molar-refractivity contribution in [3.05, 3.63) is 52.2 Å². The van der Waals surface area contributed by atoms with E-state index in [1.165, 1.54) is 18.4 Å². The second kappa shape index (κ2) is 7.62. The first-order valence-electron chi connectivity index (χ1n) is 7.96. The van der Waals surface area contributed by atoms with Gasteiger partial charge in [0.1, 0.15) is 5.75 Å². The summed E-state index contributed by atoms with van der Waals surface area (Å²) < 4.78 is 5.13. The number of nitrogens with one attached hydrogen (secondary N) is 1. The van der Waals surface area contributed by atoms with Crippen LogP contribution >= 0.6 is 11.3 Å². The average Bonchev–Trinajstić information content (AvgIpc) is 3.29. The lowest BCUT2D eigenvalue weighted by molar-refractivity contribution is 0.0938. The van der Waals surface area contributed by atoms with Gasteiger partial charge in [0.2, 0.25) is 0 Å². The molecule has 1 aromatic heterocycles. The van der Waals surface area contributed by atoms with E-state index in [-0.39, 0.29) is 11.9 Å².